The standard InChI is InChI=1S/C15H20ClN3O/c1-3-13-15(16)14(19(2)18-13)10-12(20)8-7-11-6-4-5-9-17-11/h4-6,9,12,20H,3,7-8,10H2,1-2H3. The molecule has 0 amide bonds. The fourth-order valence-corrected chi connectivity index (χ4v) is 2.60. The Morgan fingerprint density at radius 1 is 1.40 bits per heavy atom. The van der Waals surface area contributed by atoms with E-state index in [1.54, 1.807) is 10.9 Å². The molecule has 0 saturated heterocycles. The van der Waals surface area contributed by atoms with Crippen LogP contribution in [0, 0.1) is 0 Å². The van der Waals surface area contributed by atoms with Gasteiger partial charge in [0.05, 0.1) is 22.5 Å². The number of rotatable bonds is 6. The van der Waals surface area contributed by atoms with Crippen molar-refractivity contribution in [2.75, 3.05) is 0 Å². The summed E-state index contributed by atoms with van der Waals surface area (Å²) < 4.78 is 1.77. The number of aryl methyl sites for hydroxylation is 3. The van der Waals surface area contributed by atoms with Crippen LogP contribution < -0.4 is 0 Å². The number of halogens is 1. The molecule has 2 heterocycles. The minimum absolute atomic E-state index is 0.436. The SMILES string of the molecule is CCc1nn(C)c(CC(O)CCc2ccccn2)c1Cl. The van der Waals surface area contributed by atoms with Crippen LogP contribution >= 0.6 is 11.6 Å². The smallest absolute Gasteiger partial charge is 0.0850 e. The van der Waals surface area contributed by atoms with Crippen molar-refractivity contribution in [2.24, 2.45) is 7.05 Å². The number of aliphatic hydroxyl groups excluding tert-OH is 1. The molecule has 0 radical (unpaired) electrons. The number of pyridine rings is 1. The Morgan fingerprint density at radius 3 is 2.80 bits per heavy atom. The molecule has 0 saturated carbocycles. The van der Waals surface area contributed by atoms with Crippen molar-refractivity contribution in [1.82, 2.24) is 14.8 Å². The Kier molecular flexibility index (Phi) is 5.15. The lowest BCUT2D eigenvalue weighted by atomic mass is 10.1. The highest BCUT2D eigenvalue weighted by Crippen LogP contribution is 2.22. The molecule has 108 valence electrons. The maximum atomic E-state index is 10.2. The van der Waals surface area contributed by atoms with Gasteiger partial charge in [-0.2, -0.15) is 5.10 Å². The molecule has 0 aliphatic rings. The van der Waals surface area contributed by atoms with Crippen molar-refractivity contribution in [3.05, 3.63) is 46.5 Å². The molecule has 4 nitrogen and oxygen atoms in total. The predicted octanol–water partition coefficient (Wildman–Crippen LogP) is 2.57. The van der Waals surface area contributed by atoms with E-state index in [4.69, 9.17) is 11.6 Å². The Balaban J connectivity index is 1.95. The summed E-state index contributed by atoms with van der Waals surface area (Å²) in [6.45, 7) is 2.02. The van der Waals surface area contributed by atoms with Crippen molar-refractivity contribution < 1.29 is 5.11 Å². The van der Waals surface area contributed by atoms with Crippen molar-refractivity contribution >= 4 is 11.6 Å². The minimum atomic E-state index is -0.436. The van der Waals surface area contributed by atoms with Gasteiger partial charge in [-0.3, -0.25) is 9.67 Å². The first-order chi connectivity index (χ1) is 9.61. The highest BCUT2D eigenvalue weighted by atomic mass is 35.5. The third-order valence-electron chi connectivity index (χ3n) is 3.39. The summed E-state index contributed by atoms with van der Waals surface area (Å²) in [5.41, 5.74) is 2.79. The Hall–Kier alpha value is -1.39. The fourth-order valence-electron chi connectivity index (χ4n) is 2.23. The second-order valence-corrected chi connectivity index (χ2v) is 5.28. The third-order valence-corrected chi connectivity index (χ3v) is 3.83. The quantitative estimate of drug-likeness (QED) is 0.890. The summed E-state index contributed by atoms with van der Waals surface area (Å²) in [6, 6.07) is 5.82. The highest BCUT2D eigenvalue weighted by molar-refractivity contribution is 6.31. The molecular weight excluding hydrogens is 274 g/mol. The molecule has 5 heteroatoms. The third kappa shape index (κ3) is 3.58. The molecule has 0 bridgehead atoms. The average molecular weight is 294 g/mol. The van der Waals surface area contributed by atoms with Gasteiger partial charge >= 0.3 is 0 Å². The van der Waals surface area contributed by atoms with E-state index < -0.39 is 6.10 Å². The lowest BCUT2D eigenvalue weighted by molar-refractivity contribution is 0.162. The zero-order valence-electron chi connectivity index (χ0n) is 11.9. The van der Waals surface area contributed by atoms with Gasteiger partial charge in [0.1, 0.15) is 0 Å². The molecule has 20 heavy (non-hydrogen) atoms. The minimum Gasteiger partial charge on any atom is -0.393 e. The molecule has 0 aliphatic carbocycles. The maximum Gasteiger partial charge on any atom is 0.0850 e. The van der Waals surface area contributed by atoms with Crippen molar-refractivity contribution in [2.45, 2.75) is 38.7 Å². The number of aliphatic hydroxyl groups is 1. The Morgan fingerprint density at radius 2 is 2.20 bits per heavy atom. The Bertz CT molecular complexity index is 554. The summed E-state index contributed by atoms with van der Waals surface area (Å²) >= 11 is 6.28. The van der Waals surface area contributed by atoms with Crippen LogP contribution in [0.4, 0.5) is 0 Å². The predicted molar refractivity (Wildman–Crippen MR) is 79.9 cm³/mol. The molecule has 0 aromatic carbocycles. The van der Waals surface area contributed by atoms with E-state index in [0.717, 1.165) is 29.9 Å². The van der Waals surface area contributed by atoms with Crippen LogP contribution in [-0.4, -0.2) is 26.0 Å². The summed E-state index contributed by atoms with van der Waals surface area (Å²) in [6.07, 6.45) is 4.09. The van der Waals surface area contributed by atoms with E-state index >= 15 is 0 Å². The van der Waals surface area contributed by atoms with Crippen LogP contribution in [0.3, 0.4) is 0 Å². The average Bonchev–Trinajstić information content (AvgIpc) is 2.73. The van der Waals surface area contributed by atoms with Gasteiger partial charge in [0, 0.05) is 25.4 Å². The number of hydrogen-bond donors (Lipinski definition) is 1. The van der Waals surface area contributed by atoms with Crippen LogP contribution in [0.5, 0.6) is 0 Å². The van der Waals surface area contributed by atoms with E-state index in [-0.39, 0.29) is 0 Å². The molecule has 1 unspecified atom stereocenters. The van der Waals surface area contributed by atoms with Crippen LogP contribution in [0.1, 0.15) is 30.4 Å². The van der Waals surface area contributed by atoms with Crippen molar-refractivity contribution in [1.29, 1.82) is 0 Å². The second kappa shape index (κ2) is 6.86. The zero-order valence-corrected chi connectivity index (χ0v) is 12.6. The van der Waals surface area contributed by atoms with E-state index in [2.05, 4.69) is 10.1 Å². The van der Waals surface area contributed by atoms with Gasteiger partial charge in [0.2, 0.25) is 0 Å². The van der Waals surface area contributed by atoms with Crippen molar-refractivity contribution in [3.8, 4) is 0 Å². The van der Waals surface area contributed by atoms with E-state index in [1.807, 2.05) is 32.2 Å². The molecule has 0 aliphatic heterocycles. The molecule has 0 spiro atoms. The van der Waals surface area contributed by atoms with Gasteiger partial charge in [0.25, 0.3) is 0 Å². The molecule has 1 atom stereocenters. The lowest BCUT2D eigenvalue weighted by Crippen LogP contribution is -2.14. The summed E-state index contributed by atoms with van der Waals surface area (Å²) in [5, 5.41) is 15.2. The number of nitrogens with zero attached hydrogens (tertiary/aromatic N) is 3. The van der Waals surface area contributed by atoms with Gasteiger partial charge in [-0.15, -0.1) is 0 Å². The van der Waals surface area contributed by atoms with Crippen LogP contribution in [0.25, 0.3) is 0 Å². The molecule has 0 fully saturated rings. The monoisotopic (exact) mass is 293 g/mol. The molecule has 2 aromatic heterocycles. The normalized spacial score (nSPS) is 12.6. The van der Waals surface area contributed by atoms with Crippen LogP contribution in [0.15, 0.2) is 24.4 Å². The lowest BCUT2D eigenvalue weighted by Gasteiger charge is -2.11. The van der Waals surface area contributed by atoms with Crippen molar-refractivity contribution in [3.63, 3.8) is 0 Å². The topological polar surface area (TPSA) is 50.9 Å². The van der Waals surface area contributed by atoms with Crippen LogP contribution in [0.2, 0.25) is 5.02 Å². The van der Waals surface area contributed by atoms with Gasteiger partial charge in [-0.25, -0.2) is 0 Å². The largest absolute Gasteiger partial charge is 0.393 e. The molecule has 1 N–H and O–H groups in total. The molecule has 2 aromatic rings. The van der Waals surface area contributed by atoms with Gasteiger partial charge < -0.3 is 5.11 Å². The van der Waals surface area contributed by atoms with E-state index in [0.29, 0.717) is 17.9 Å². The molecule has 2 rings (SSSR count). The van der Waals surface area contributed by atoms with E-state index in [1.165, 1.54) is 0 Å². The Labute approximate surface area is 124 Å². The number of aromatic nitrogens is 3. The van der Waals surface area contributed by atoms with Gasteiger partial charge in [-0.05, 0) is 31.4 Å². The van der Waals surface area contributed by atoms with Gasteiger partial charge in [-0.1, -0.05) is 24.6 Å². The second-order valence-electron chi connectivity index (χ2n) is 4.90. The highest BCUT2D eigenvalue weighted by Gasteiger charge is 2.16. The van der Waals surface area contributed by atoms with Crippen LogP contribution in [-0.2, 0) is 26.3 Å². The summed E-state index contributed by atoms with van der Waals surface area (Å²) in [4.78, 5) is 4.26. The first-order valence-corrected chi connectivity index (χ1v) is 7.27. The summed E-state index contributed by atoms with van der Waals surface area (Å²) in [5.74, 6) is 0. The zero-order chi connectivity index (χ0) is 14.5. The molecular formula is C15H20ClN3O. The fraction of sp³-hybridized carbons (Fsp3) is 0.467. The first-order valence-electron chi connectivity index (χ1n) is 6.90. The summed E-state index contributed by atoms with van der Waals surface area (Å²) in [7, 11) is 1.87. The number of hydrogen-bond acceptors (Lipinski definition) is 3. The first kappa shape index (κ1) is 15.0. The van der Waals surface area contributed by atoms with E-state index in [9.17, 15) is 5.11 Å². The maximum absolute atomic E-state index is 10.2. The van der Waals surface area contributed by atoms with Gasteiger partial charge in [0.15, 0.2) is 0 Å².